The second kappa shape index (κ2) is 7.40. The molecule has 2 heterocycles. The molecule has 146 valence electrons. The van der Waals surface area contributed by atoms with E-state index in [1.54, 1.807) is 0 Å². The van der Waals surface area contributed by atoms with Crippen LogP contribution in [-0.4, -0.2) is 9.97 Å². The van der Waals surface area contributed by atoms with Crippen LogP contribution in [0.5, 0.6) is 0 Å². The second-order valence-electron chi connectivity index (χ2n) is 8.32. The van der Waals surface area contributed by atoms with Crippen molar-refractivity contribution in [3.8, 4) is 22.4 Å². The van der Waals surface area contributed by atoms with E-state index in [0.29, 0.717) is 5.92 Å². The number of rotatable bonds is 3. The average Bonchev–Trinajstić information content (AvgIpc) is 2.70. The summed E-state index contributed by atoms with van der Waals surface area (Å²) in [5.41, 5.74) is 8.70. The normalized spacial score (nSPS) is 11.4. The van der Waals surface area contributed by atoms with Crippen LogP contribution in [0, 0.1) is 20.8 Å². The van der Waals surface area contributed by atoms with Gasteiger partial charge in [0.2, 0.25) is 5.69 Å². The summed E-state index contributed by atoms with van der Waals surface area (Å²) in [6.07, 6.45) is 6.01. The van der Waals surface area contributed by atoms with E-state index in [1.165, 1.54) is 38.7 Å². The van der Waals surface area contributed by atoms with Gasteiger partial charge in [-0.05, 0) is 61.0 Å². The lowest BCUT2D eigenvalue weighted by atomic mass is 9.94. The van der Waals surface area contributed by atoms with Crippen LogP contribution in [0.15, 0.2) is 55.0 Å². The maximum absolute atomic E-state index is 4.53. The molecule has 0 aliphatic heterocycles. The molecule has 4 aromatic rings. The van der Waals surface area contributed by atoms with Crippen LogP contribution in [0.1, 0.15) is 42.3 Å². The number of nitrogens with zero attached hydrogens (tertiary/aromatic N) is 3. The van der Waals surface area contributed by atoms with Crippen LogP contribution in [0.4, 0.5) is 0 Å². The number of hydrogen-bond donors (Lipinski definition) is 0. The average molecular weight is 383 g/mol. The molecular weight excluding hydrogens is 354 g/mol. The zero-order valence-corrected chi connectivity index (χ0v) is 18.1. The second-order valence-corrected chi connectivity index (χ2v) is 8.32. The highest BCUT2D eigenvalue weighted by atomic mass is 14.9. The molecule has 0 aliphatic carbocycles. The molecule has 0 amide bonds. The number of benzene rings is 2. The summed E-state index contributed by atoms with van der Waals surface area (Å²) in [7, 11) is 2.12. The van der Waals surface area contributed by atoms with E-state index < -0.39 is 0 Å². The van der Waals surface area contributed by atoms with Crippen molar-refractivity contribution in [1.82, 2.24) is 9.97 Å². The van der Waals surface area contributed by atoms with E-state index in [2.05, 4.69) is 98.8 Å². The summed E-state index contributed by atoms with van der Waals surface area (Å²) in [6, 6.07) is 13.4. The minimum atomic E-state index is 0.337. The lowest BCUT2D eigenvalue weighted by molar-refractivity contribution is -0.659. The Hall–Kier alpha value is -3.07. The summed E-state index contributed by atoms with van der Waals surface area (Å²) < 4.78 is 2.23. The SMILES string of the molecule is Cc1cc(C)c(C)c(-c2c3ccc(-c4cnc(C(C)C)nc4)cc3cc[n+]2C)c1. The topological polar surface area (TPSA) is 29.7 Å². The first-order chi connectivity index (χ1) is 13.8. The molecule has 29 heavy (non-hydrogen) atoms. The van der Waals surface area contributed by atoms with Gasteiger partial charge in [0, 0.05) is 29.9 Å². The quantitative estimate of drug-likeness (QED) is 0.417. The fourth-order valence-electron chi connectivity index (χ4n) is 3.96. The minimum Gasteiger partial charge on any atom is -0.240 e. The Morgan fingerprint density at radius 2 is 1.59 bits per heavy atom. The number of fused-ring (bicyclic) bond motifs is 1. The Morgan fingerprint density at radius 1 is 0.862 bits per heavy atom. The van der Waals surface area contributed by atoms with Gasteiger partial charge in [-0.2, -0.15) is 0 Å². The molecule has 3 nitrogen and oxygen atoms in total. The van der Waals surface area contributed by atoms with Gasteiger partial charge in [0.1, 0.15) is 12.9 Å². The predicted molar refractivity (Wildman–Crippen MR) is 120 cm³/mol. The molecule has 2 aromatic carbocycles. The fourth-order valence-corrected chi connectivity index (χ4v) is 3.96. The van der Waals surface area contributed by atoms with Crippen LogP contribution >= 0.6 is 0 Å². The lowest BCUT2D eigenvalue weighted by Crippen LogP contribution is -2.30. The molecular formula is C26H28N3+. The van der Waals surface area contributed by atoms with Crippen LogP contribution < -0.4 is 4.57 Å². The molecule has 0 atom stereocenters. The van der Waals surface area contributed by atoms with Gasteiger partial charge >= 0.3 is 0 Å². The molecule has 2 aromatic heterocycles. The van der Waals surface area contributed by atoms with Crippen molar-refractivity contribution in [1.29, 1.82) is 0 Å². The van der Waals surface area contributed by atoms with E-state index in [4.69, 9.17) is 0 Å². The van der Waals surface area contributed by atoms with E-state index >= 15 is 0 Å². The Kier molecular flexibility index (Phi) is 4.91. The molecule has 0 N–H and O–H groups in total. The number of pyridine rings is 1. The van der Waals surface area contributed by atoms with E-state index in [9.17, 15) is 0 Å². The van der Waals surface area contributed by atoms with Gasteiger partial charge in [-0.25, -0.2) is 14.5 Å². The fraction of sp³-hybridized carbons (Fsp3) is 0.269. The number of aryl methyl sites for hydroxylation is 3. The van der Waals surface area contributed by atoms with Crippen LogP contribution in [0.25, 0.3) is 33.2 Å². The third-order valence-corrected chi connectivity index (χ3v) is 5.73. The van der Waals surface area contributed by atoms with Crippen LogP contribution in [-0.2, 0) is 7.05 Å². The summed E-state index contributed by atoms with van der Waals surface area (Å²) in [4.78, 5) is 9.06. The van der Waals surface area contributed by atoms with Gasteiger partial charge in [0.05, 0.1) is 10.9 Å². The van der Waals surface area contributed by atoms with Crippen molar-refractivity contribution < 1.29 is 4.57 Å². The Bertz CT molecular complexity index is 1210. The zero-order chi connectivity index (χ0) is 20.7. The Morgan fingerprint density at radius 3 is 2.28 bits per heavy atom. The van der Waals surface area contributed by atoms with Gasteiger partial charge in [-0.3, -0.25) is 0 Å². The van der Waals surface area contributed by atoms with Crippen molar-refractivity contribution in [2.24, 2.45) is 7.05 Å². The monoisotopic (exact) mass is 382 g/mol. The molecule has 0 bridgehead atoms. The molecule has 0 saturated carbocycles. The molecule has 0 aliphatic rings. The third kappa shape index (κ3) is 3.53. The third-order valence-electron chi connectivity index (χ3n) is 5.73. The summed E-state index contributed by atoms with van der Waals surface area (Å²) in [5.74, 6) is 1.22. The highest BCUT2D eigenvalue weighted by Crippen LogP contribution is 2.32. The first-order valence-electron chi connectivity index (χ1n) is 10.2. The maximum atomic E-state index is 4.53. The van der Waals surface area contributed by atoms with Crippen molar-refractivity contribution in [2.45, 2.75) is 40.5 Å². The molecule has 0 saturated heterocycles. The van der Waals surface area contributed by atoms with Gasteiger partial charge in [0.15, 0.2) is 6.20 Å². The smallest absolute Gasteiger partial charge is 0.220 e. The summed E-state index contributed by atoms with van der Waals surface area (Å²) >= 11 is 0. The maximum Gasteiger partial charge on any atom is 0.220 e. The molecule has 3 heteroatoms. The number of aromatic nitrogens is 3. The Labute approximate surface area is 173 Å². The molecule has 0 unspecified atom stereocenters. The molecule has 0 spiro atoms. The first-order valence-corrected chi connectivity index (χ1v) is 10.2. The van der Waals surface area contributed by atoms with E-state index in [1.807, 2.05) is 12.4 Å². The Balaban J connectivity index is 1.88. The van der Waals surface area contributed by atoms with Gasteiger partial charge in [-0.15, -0.1) is 0 Å². The summed E-state index contributed by atoms with van der Waals surface area (Å²) in [6.45, 7) is 10.8. The first kappa shape index (κ1) is 19.3. The van der Waals surface area contributed by atoms with Crippen molar-refractivity contribution in [3.63, 3.8) is 0 Å². The van der Waals surface area contributed by atoms with Gasteiger partial charge in [-0.1, -0.05) is 31.5 Å². The number of hydrogen-bond acceptors (Lipinski definition) is 2. The zero-order valence-electron chi connectivity index (χ0n) is 18.1. The molecule has 0 fully saturated rings. The van der Waals surface area contributed by atoms with Crippen LogP contribution in [0.2, 0.25) is 0 Å². The standard InChI is InChI=1S/C26H28N3/c1-16(2)26-27-14-22(15-28-26)20-7-8-23-21(13-20)9-10-29(6)25(23)24-12-17(3)11-18(4)19(24)5/h7-16H,1-6H3/q+1. The highest BCUT2D eigenvalue weighted by Gasteiger charge is 2.19. The van der Waals surface area contributed by atoms with Gasteiger partial charge < -0.3 is 0 Å². The van der Waals surface area contributed by atoms with Crippen molar-refractivity contribution >= 4 is 10.8 Å². The lowest BCUT2D eigenvalue weighted by Gasteiger charge is -2.12. The summed E-state index contributed by atoms with van der Waals surface area (Å²) in [5, 5.41) is 2.48. The van der Waals surface area contributed by atoms with E-state index in [0.717, 1.165) is 17.0 Å². The van der Waals surface area contributed by atoms with E-state index in [-0.39, 0.29) is 0 Å². The molecule has 0 radical (unpaired) electrons. The highest BCUT2D eigenvalue weighted by molar-refractivity contribution is 5.96. The molecule has 4 rings (SSSR count). The minimum absolute atomic E-state index is 0.337. The van der Waals surface area contributed by atoms with Crippen molar-refractivity contribution in [3.05, 3.63) is 77.5 Å². The largest absolute Gasteiger partial charge is 0.240 e. The van der Waals surface area contributed by atoms with Crippen molar-refractivity contribution in [2.75, 3.05) is 0 Å². The predicted octanol–water partition coefficient (Wildman–Crippen LogP) is 5.84. The van der Waals surface area contributed by atoms with Crippen LogP contribution in [0.3, 0.4) is 0 Å². The van der Waals surface area contributed by atoms with Gasteiger partial charge in [0.25, 0.3) is 0 Å².